The number of fused-ring (bicyclic) bond motifs is 1. The van der Waals surface area contributed by atoms with Crippen molar-refractivity contribution in [2.45, 2.75) is 0 Å². The molecule has 0 bridgehead atoms. The third-order valence-electron chi connectivity index (χ3n) is 4.00. The van der Waals surface area contributed by atoms with Crippen molar-refractivity contribution in [2.24, 2.45) is 0 Å². The van der Waals surface area contributed by atoms with Crippen molar-refractivity contribution in [1.82, 2.24) is 19.9 Å². The van der Waals surface area contributed by atoms with Gasteiger partial charge in [0.2, 0.25) is 5.88 Å². The standard InChI is InChI=1S/C18H10F2N6OS.ClH/c1-26(12-5-13(27)24-8-23-12)17-16-15(11(20)7-22-17)25-18(28-16)14-9(6-21)3-2-4-10(14)19;/h2-5,7-8H,1H3,(H,23,24,27);1H. The molecule has 3 heterocycles. The molecule has 0 saturated heterocycles. The lowest BCUT2D eigenvalue weighted by Crippen LogP contribution is -2.13. The summed E-state index contributed by atoms with van der Waals surface area (Å²) in [6, 6.07) is 7.36. The summed E-state index contributed by atoms with van der Waals surface area (Å²) < 4.78 is 29.1. The van der Waals surface area contributed by atoms with E-state index in [-0.39, 0.29) is 39.9 Å². The second-order valence-corrected chi connectivity index (χ2v) is 6.69. The number of rotatable bonds is 3. The van der Waals surface area contributed by atoms with E-state index in [2.05, 4.69) is 19.9 Å². The highest BCUT2D eigenvalue weighted by molar-refractivity contribution is 7.22. The van der Waals surface area contributed by atoms with E-state index in [9.17, 15) is 19.1 Å². The van der Waals surface area contributed by atoms with E-state index in [1.54, 1.807) is 7.05 Å². The minimum atomic E-state index is -0.671. The fourth-order valence-electron chi connectivity index (χ4n) is 2.68. The van der Waals surface area contributed by atoms with Crippen LogP contribution in [0.1, 0.15) is 5.56 Å². The topological polar surface area (TPSA) is 98.8 Å². The Morgan fingerprint density at radius 3 is 2.69 bits per heavy atom. The van der Waals surface area contributed by atoms with E-state index < -0.39 is 11.6 Å². The Hall–Kier alpha value is -3.42. The van der Waals surface area contributed by atoms with Gasteiger partial charge in [-0.3, -0.25) is 0 Å². The molecule has 0 saturated carbocycles. The summed E-state index contributed by atoms with van der Waals surface area (Å²) >= 11 is 1.01. The molecule has 4 rings (SSSR count). The number of benzene rings is 1. The first-order valence-corrected chi connectivity index (χ1v) is 8.70. The average molecular weight is 433 g/mol. The molecule has 0 aliphatic carbocycles. The lowest BCUT2D eigenvalue weighted by Gasteiger charge is -2.17. The number of thiazole rings is 1. The molecular weight excluding hydrogens is 422 g/mol. The monoisotopic (exact) mass is 432 g/mol. The molecule has 0 aliphatic rings. The van der Waals surface area contributed by atoms with Crippen LogP contribution in [0, 0.1) is 23.0 Å². The summed E-state index contributed by atoms with van der Waals surface area (Å²) in [6.07, 6.45) is 2.18. The zero-order chi connectivity index (χ0) is 19.8. The molecule has 0 atom stereocenters. The number of nitrogens with zero attached hydrogens (tertiary/aromatic N) is 6. The molecule has 11 heteroatoms. The molecule has 3 aromatic heterocycles. The molecule has 7 nitrogen and oxygen atoms in total. The molecule has 4 aromatic rings. The molecule has 146 valence electrons. The molecule has 1 N–H and O–H groups in total. The Kier molecular flexibility index (Phi) is 5.54. The first-order valence-electron chi connectivity index (χ1n) is 7.88. The van der Waals surface area contributed by atoms with Crippen LogP contribution in [0.15, 0.2) is 36.8 Å². The van der Waals surface area contributed by atoms with Gasteiger partial charge in [0.15, 0.2) is 11.6 Å². The number of hydrogen-bond donors (Lipinski definition) is 1. The smallest absolute Gasteiger partial charge is 0.215 e. The summed E-state index contributed by atoms with van der Waals surface area (Å²) in [6.45, 7) is 0. The molecule has 0 radical (unpaired) electrons. The number of anilines is 2. The van der Waals surface area contributed by atoms with Crippen LogP contribution in [0.3, 0.4) is 0 Å². The zero-order valence-electron chi connectivity index (χ0n) is 14.7. The van der Waals surface area contributed by atoms with Crippen molar-refractivity contribution >= 4 is 45.6 Å². The average Bonchev–Trinajstić information content (AvgIpc) is 3.13. The van der Waals surface area contributed by atoms with Gasteiger partial charge in [0.25, 0.3) is 0 Å². The third kappa shape index (κ3) is 3.53. The molecule has 0 spiro atoms. The van der Waals surface area contributed by atoms with E-state index in [1.165, 1.54) is 35.5 Å². The van der Waals surface area contributed by atoms with Crippen LogP contribution in [0.25, 0.3) is 20.8 Å². The number of nitriles is 1. The molecule has 29 heavy (non-hydrogen) atoms. The first-order chi connectivity index (χ1) is 13.5. The maximum Gasteiger partial charge on any atom is 0.215 e. The summed E-state index contributed by atoms with van der Waals surface area (Å²) in [5.41, 5.74) is 0.115. The summed E-state index contributed by atoms with van der Waals surface area (Å²) in [5, 5.41) is 19.0. The van der Waals surface area contributed by atoms with Gasteiger partial charge in [0, 0.05) is 13.1 Å². The first kappa shape index (κ1) is 20.3. The molecule has 0 fully saturated rings. The van der Waals surface area contributed by atoms with Crippen molar-refractivity contribution in [2.75, 3.05) is 11.9 Å². The van der Waals surface area contributed by atoms with Gasteiger partial charge in [-0.2, -0.15) is 5.26 Å². The Morgan fingerprint density at radius 2 is 1.97 bits per heavy atom. The summed E-state index contributed by atoms with van der Waals surface area (Å²) in [5.74, 6) is -0.887. The van der Waals surface area contributed by atoms with Crippen molar-refractivity contribution in [3.05, 3.63) is 54.0 Å². The van der Waals surface area contributed by atoms with Crippen molar-refractivity contribution in [1.29, 1.82) is 5.26 Å². The lowest BCUT2D eigenvalue weighted by atomic mass is 10.1. The lowest BCUT2D eigenvalue weighted by molar-refractivity contribution is 0.452. The Bertz CT molecular complexity index is 1260. The molecule has 0 amide bonds. The van der Waals surface area contributed by atoms with Crippen LogP contribution in [0.5, 0.6) is 5.88 Å². The van der Waals surface area contributed by atoms with Gasteiger partial charge in [-0.1, -0.05) is 6.07 Å². The number of hydrogen-bond acceptors (Lipinski definition) is 8. The Morgan fingerprint density at radius 1 is 1.17 bits per heavy atom. The van der Waals surface area contributed by atoms with Crippen molar-refractivity contribution in [3.63, 3.8) is 0 Å². The number of halogens is 3. The normalized spacial score (nSPS) is 10.4. The highest BCUT2D eigenvalue weighted by Gasteiger charge is 2.21. The van der Waals surface area contributed by atoms with Gasteiger partial charge in [-0.15, -0.1) is 23.7 Å². The van der Waals surface area contributed by atoms with E-state index in [0.29, 0.717) is 16.3 Å². The van der Waals surface area contributed by atoms with Crippen molar-refractivity contribution in [3.8, 4) is 22.5 Å². The molecule has 0 unspecified atom stereocenters. The van der Waals surface area contributed by atoms with Gasteiger partial charge < -0.3 is 10.0 Å². The van der Waals surface area contributed by atoms with E-state index in [0.717, 1.165) is 17.5 Å². The summed E-state index contributed by atoms with van der Waals surface area (Å²) in [4.78, 5) is 17.5. The predicted molar refractivity (Wildman–Crippen MR) is 106 cm³/mol. The maximum atomic E-state index is 14.4. The van der Waals surface area contributed by atoms with Crippen LogP contribution in [-0.2, 0) is 0 Å². The minimum absolute atomic E-state index is 0. The van der Waals surface area contributed by atoms with E-state index >= 15 is 0 Å². The van der Waals surface area contributed by atoms with Gasteiger partial charge in [0.05, 0.1) is 23.4 Å². The number of pyridine rings is 1. The van der Waals surface area contributed by atoms with Crippen LogP contribution >= 0.6 is 23.7 Å². The summed E-state index contributed by atoms with van der Waals surface area (Å²) in [7, 11) is 1.63. The van der Waals surface area contributed by atoms with Crippen LogP contribution in [-0.4, -0.2) is 32.1 Å². The van der Waals surface area contributed by atoms with Gasteiger partial charge >= 0.3 is 0 Å². The quantitative estimate of drug-likeness (QED) is 0.518. The highest BCUT2D eigenvalue weighted by atomic mass is 35.5. The van der Waals surface area contributed by atoms with Crippen LogP contribution < -0.4 is 4.90 Å². The molecular formula is C18H11ClF2N6OS. The second-order valence-electron chi connectivity index (χ2n) is 5.69. The minimum Gasteiger partial charge on any atom is -0.493 e. The zero-order valence-corrected chi connectivity index (χ0v) is 16.3. The Balaban J connectivity index is 0.00000240. The third-order valence-corrected chi connectivity index (χ3v) is 5.07. The van der Waals surface area contributed by atoms with Gasteiger partial charge in [0.1, 0.15) is 33.2 Å². The second kappa shape index (κ2) is 7.90. The predicted octanol–water partition coefficient (Wildman–Crippen LogP) is 4.19. The van der Waals surface area contributed by atoms with Gasteiger partial charge in [-0.05, 0) is 12.1 Å². The molecule has 0 aliphatic heterocycles. The maximum absolute atomic E-state index is 14.4. The highest BCUT2D eigenvalue weighted by Crippen LogP contribution is 2.39. The van der Waals surface area contributed by atoms with Crippen LogP contribution in [0.2, 0.25) is 0 Å². The largest absolute Gasteiger partial charge is 0.493 e. The number of aromatic nitrogens is 4. The van der Waals surface area contributed by atoms with Crippen molar-refractivity contribution < 1.29 is 13.9 Å². The van der Waals surface area contributed by atoms with E-state index in [4.69, 9.17) is 0 Å². The van der Waals surface area contributed by atoms with Gasteiger partial charge in [-0.25, -0.2) is 28.7 Å². The fraction of sp³-hybridized carbons (Fsp3) is 0.0556. The number of aromatic hydroxyl groups is 1. The molecule has 1 aromatic carbocycles. The Labute approximate surface area is 173 Å². The van der Waals surface area contributed by atoms with E-state index in [1.807, 2.05) is 6.07 Å². The SMILES string of the molecule is CN(c1cc(O)ncn1)c1ncc(F)c2nc(-c3c(F)cccc3C#N)sc12.Cl. The fourth-order valence-corrected chi connectivity index (χ4v) is 3.84. The van der Waals surface area contributed by atoms with Crippen LogP contribution in [0.4, 0.5) is 20.4 Å².